The minimum absolute atomic E-state index is 0.110. The van der Waals surface area contributed by atoms with Crippen LogP contribution in [0.2, 0.25) is 0 Å². The van der Waals surface area contributed by atoms with Crippen molar-refractivity contribution in [2.45, 2.75) is 26.3 Å². The third-order valence-electron chi connectivity index (χ3n) is 1.37. The van der Waals surface area contributed by atoms with Gasteiger partial charge in [0.05, 0.1) is 6.61 Å². The average Bonchev–Trinajstić information content (AvgIpc) is 1.80. The summed E-state index contributed by atoms with van der Waals surface area (Å²) < 4.78 is 15.5. The van der Waals surface area contributed by atoms with E-state index < -0.39 is 7.60 Å². The molecule has 0 aliphatic rings. The molecular weight excluding hydrogens is 177 g/mol. The second-order valence-corrected chi connectivity index (χ2v) is 5.28. The monoisotopic (exact) mass is 195 g/mol. The molecule has 4 nitrogen and oxygen atoms in total. The van der Waals surface area contributed by atoms with E-state index in [0.717, 1.165) is 6.42 Å². The van der Waals surface area contributed by atoms with Gasteiger partial charge in [-0.05, 0) is 19.3 Å². The summed E-state index contributed by atoms with van der Waals surface area (Å²) in [5, 5.41) is 0. The van der Waals surface area contributed by atoms with Gasteiger partial charge in [-0.2, -0.15) is 0 Å². The fourth-order valence-electron chi connectivity index (χ4n) is 0.968. The van der Waals surface area contributed by atoms with E-state index in [0.29, 0.717) is 6.61 Å². The quantitative estimate of drug-likeness (QED) is 0.646. The van der Waals surface area contributed by atoms with Gasteiger partial charge in [-0.3, -0.25) is 4.57 Å². The Hall–Kier alpha value is 0.110. The number of rotatable bonds is 5. The van der Waals surface area contributed by atoms with Gasteiger partial charge >= 0.3 is 7.60 Å². The molecule has 0 aromatic heterocycles. The summed E-state index contributed by atoms with van der Waals surface area (Å²) in [6.07, 6.45) is 0.806. The molecule has 3 atom stereocenters. The van der Waals surface area contributed by atoms with Crippen LogP contribution < -0.4 is 5.73 Å². The maximum atomic E-state index is 10.7. The second-order valence-electron chi connectivity index (χ2n) is 3.42. The molecule has 0 aliphatic heterocycles. The number of nitrogens with two attached hydrogens (primary N) is 1. The van der Waals surface area contributed by atoms with Crippen LogP contribution in [0, 0.1) is 5.92 Å². The number of hydrogen-bond acceptors (Lipinski definition) is 3. The Balaban J connectivity index is 3.58. The van der Waals surface area contributed by atoms with Crippen LogP contribution in [-0.2, 0) is 9.09 Å². The Morgan fingerprint density at radius 3 is 2.42 bits per heavy atom. The Bertz CT molecular complexity index is 166. The standard InChI is InChI=1S/C7H18NO3P/c1-6(4-7(2)8)5-11-12(3,9)10/h6-7H,4-5,8H2,1-3H3,(H,9,10). The smallest absolute Gasteiger partial charge is 0.325 e. The first-order valence-electron chi connectivity index (χ1n) is 4.01. The Kier molecular flexibility index (Phi) is 5.02. The van der Waals surface area contributed by atoms with Crippen molar-refractivity contribution >= 4 is 7.60 Å². The normalized spacial score (nSPS) is 21.4. The highest BCUT2D eigenvalue weighted by atomic mass is 31.2. The zero-order valence-electron chi connectivity index (χ0n) is 7.86. The van der Waals surface area contributed by atoms with Gasteiger partial charge in [-0.25, -0.2) is 0 Å². The molecule has 5 heteroatoms. The highest BCUT2D eigenvalue weighted by Gasteiger charge is 2.13. The SMILES string of the molecule is CC(N)CC(C)COP(C)(=O)O. The molecule has 74 valence electrons. The summed E-state index contributed by atoms with van der Waals surface area (Å²) in [5.41, 5.74) is 5.55. The Morgan fingerprint density at radius 2 is 2.08 bits per heavy atom. The molecule has 0 aromatic carbocycles. The average molecular weight is 195 g/mol. The van der Waals surface area contributed by atoms with E-state index in [-0.39, 0.29) is 12.0 Å². The molecule has 0 spiro atoms. The lowest BCUT2D eigenvalue weighted by atomic mass is 10.1. The van der Waals surface area contributed by atoms with Gasteiger partial charge in [-0.15, -0.1) is 0 Å². The topological polar surface area (TPSA) is 72.5 Å². The van der Waals surface area contributed by atoms with Gasteiger partial charge in [-0.1, -0.05) is 6.92 Å². The van der Waals surface area contributed by atoms with Crippen molar-refractivity contribution in [2.24, 2.45) is 11.7 Å². The molecule has 3 unspecified atom stereocenters. The Labute approximate surface area is 73.6 Å². The summed E-state index contributed by atoms with van der Waals surface area (Å²) in [6, 6.07) is 0.110. The first kappa shape index (κ1) is 12.1. The van der Waals surface area contributed by atoms with Crippen LogP contribution in [0.25, 0.3) is 0 Å². The van der Waals surface area contributed by atoms with Gasteiger partial charge in [0, 0.05) is 12.7 Å². The summed E-state index contributed by atoms with van der Waals surface area (Å²) in [5.74, 6) is 0.227. The van der Waals surface area contributed by atoms with Crippen molar-refractivity contribution in [1.82, 2.24) is 0 Å². The minimum atomic E-state index is -3.30. The molecule has 12 heavy (non-hydrogen) atoms. The van der Waals surface area contributed by atoms with Crippen LogP contribution >= 0.6 is 7.60 Å². The van der Waals surface area contributed by atoms with E-state index in [4.69, 9.17) is 15.2 Å². The van der Waals surface area contributed by atoms with Crippen molar-refractivity contribution in [1.29, 1.82) is 0 Å². The number of hydrogen-bond donors (Lipinski definition) is 2. The van der Waals surface area contributed by atoms with Gasteiger partial charge in [0.1, 0.15) is 0 Å². The lowest BCUT2D eigenvalue weighted by Gasteiger charge is -2.14. The zero-order chi connectivity index (χ0) is 9.78. The van der Waals surface area contributed by atoms with Crippen LogP contribution in [0.1, 0.15) is 20.3 Å². The highest BCUT2D eigenvalue weighted by Crippen LogP contribution is 2.37. The zero-order valence-corrected chi connectivity index (χ0v) is 8.75. The maximum absolute atomic E-state index is 10.7. The molecule has 0 heterocycles. The van der Waals surface area contributed by atoms with Crippen molar-refractivity contribution < 1.29 is 14.0 Å². The van der Waals surface area contributed by atoms with Crippen molar-refractivity contribution in [3.63, 3.8) is 0 Å². The molecule has 3 N–H and O–H groups in total. The van der Waals surface area contributed by atoms with E-state index in [1.807, 2.05) is 13.8 Å². The van der Waals surface area contributed by atoms with Gasteiger partial charge in [0.25, 0.3) is 0 Å². The fraction of sp³-hybridized carbons (Fsp3) is 1.00. The molecule has 0 amide bonds. The molecule has 0 bridgehead atoms. The lowest BCUT2D eigenvalue weighted by molar-refractivity contribution is 0.217. The highest BCUT2D eigenvalue weighted by molar-refractivity contribution is 7.51. The van der Waals surface area contributed by atoms with Gasteiger partial charge in [0.15, 0.2) is 0 Å². The minimum Gasteiger partial charge on any atom is -0.328 e. The predicted octanol–water partition coefficient (Wildman–Crippen LogP) is 1.19. The fourth-order valence-corrected chi connectivity index (χ4v) is 1.50. The molecule has 0 aromatic rings. The molecule has 0 rings (SSSR count). The van der Waals surface area contributed by atoms with E-state index in [1.165, 1.54) is 6.66 Å². The summed E-state index contributed by atoms with van der Waals surface area (Å²) in [7, 11) is -3.30. The molecule has 0 saturated heterocycles. The predicted molar refractivity (Wildman–Crippen MR) is 49.1 cm³/mol. The van der Waals surface area contributed by atoms with E-state index in [1.54, 1.807) is 0 Å². The van der Waals surface area contributed by atoms with Crippen LogP contribution in [0.15, 0.2) is 0 Å². The Morgan fingerprint density at radius 1 is 1.58 bits per heavy atom. The molecule has 0 saturated carbocycles. The molecular formula is C7H18NO3P. The van der Waals surface area contributed by atoms with Crippen LogP contribution in [0.4, 0.5) is 0 Å². The lowest BCUT2D eigenvalue weighted by Crippen LogP contribution is -2.20. The van der Waals surface area contributed by atoms with E-state index in [9.17, 15) is 4.57 Å². The van der Waals surface area contributed by atoms with Crippen LogP contribution in [-0.4, -0.2) is 24.2 Å². The van der Waals surface area contributed by atoms with Crippen molar-refractivity contribution in [3.8, 4) is 0 Å². The van der Waals surface area contributed by atoms with Crippen molar-refractivity contribution in [2.75, 3.05) is 13.3 Å². The summed E-state index contributed by atoms with van der Waals surface area (Å²) >= 11 is 0. The van der Waals surface area contributed by atoms with Gasteiger partial charge < -0.3 is 15.2 Å². The first-order valence-corrected chi connectivity index (χ1v) is 6.04. The second kappa shape index (κ2) is 4.97. The summed E-state index contributed by atoms with van der Waals surface area (Å²) in [6.45, 7) is 5.33. The van der Waals surface area contributed by atoms with Gasteiger partial charge in [0.2, 0.25) is 0 Å². The van der Waals surface area contributed by atoms with Crippen molar-refractivity contribution in [3.05, 3.63) is 0 Å². The summed E-state index contributed by atoms with van der Waals surface area (Å²) in [4.78, 5) is 8.80. The molecule has 0 aliphatic carbocycles. The third-order valence-corrected chi connectivity index (χ3v) is 2.00. The largest absolute Gasteiger partial charge is 0.328 e. The molecule has 0 radical (unpaired) electrons. The molecule has 0 fully saturated rings. The first-order chi connectivity index (χ1) is 5.31. The van der Waals surface area contributed by atoms with Crippen LogP contribution in [0.5, 0.6) is 0 Å². The van der Waals surface area contributed by atoms with E-state index in [2.05, 4.69) is 0 Å². The van der Waals surface area contributed by atoms with Crippen LogP contribution in [0.3, 0.4) is 0 Å². The maximum Gasteiger partial charge on any atom is 0.325 e. The third kappa shape index (κ3) is 8.21. The van der Waals surface area contributed by atoms with E-state index >= 15 is 0 Å².